The highest BCUT2D eigenvalue weighted by Gasteiger charge is 2.32. The molecule has 1 unspecified atom stereocenters. The fourth-order valence-corrected chi connectivity index (χ4v) is 3.23. The highest BCUT2D eigenvalue weighted by Crippen LogP contribution is 2.41. The van der Waals surface area contributed by atoms with Gasteiger partial charge in [0.25, 0.3) is 0 Å². The third-order valence-electron chi connectivity index (χ3n) is 3.85. The summed E-state index contributed by atoms with van der Waals surface area (Å²) in [7, 11) is 0. The maximum atomic E-state index is 14.1. The molecule has 2 aromatic carbocycles. The van der Waals surface area contributed by atoms with Gasteiger partial charge < -0.3 is 4.74 Å². The fraction of sp³-hybridized carbons (Fsp3) is 0.294. The van der Waals surface area contributed by atoms with Gasteiger partial charge in [0.05, 0.1) is 12.0 Å². The molecule has 0 saturated heterocycles. The van der Waals surface area contributed by atoms with Crippen molar-refractivity contribution < 1.29 is 9.13 Å². The van der Waals surface area contributed by atoms with Crippen molar-refractivity contribution in [3.63, 3.8) is 0 Å². The Bertz CT molecular complexity index is 699. The smallest absolute Gasteiger partial charge is 0.129 e. The van der Waals surface area contributed by atoms with Gasteiger partial charge in [-0.05, 0) is 29.8 Å². The molecule has 0 aromatic heterocycles. The van der Waals surface area contributed by atoms with Crippen LogP contribution in [-0.2, 0) is 5.41 Å². The number of fused-ring (bicyclic) bond motifs is 1. The lowest BCUT2D eigenvalue weighted by Gasteiger charge is -2.18. The van der Waals surface area contributed by atoms with Gasteiger partial charge in [0, 0.05) is 21.0 Å². The quantitative estimate of drug-likeness (QED) is 0.627. The van der Waals surface area contributed by atoms with E-state index in [4.69, 9.17) is 16.3 Å². The van der Waals surface area contributed by atoms with Crippen LogP contribution in [0.1, 0.15) is 35.9 Å². The van der Waals surface area contributed by atoms with E-state index in [-0.39, 0.29) is 11.2 Å². The molecule has 3 rings (SSSR count). The van der Waals surface area contributed by atoms with Crippen LogP contribution >= 0.6 is 27.5 Å². The van der Waals surface area contributed by atoms with Crippen LogP contribution in [0.2, 0.25) is 0 Å². The molecule has 0 radical (unpaired) electrons. The molecule has 0 saturated carbocycles. The van der Waals surface area contributed by atoms with E-state index in [1.807, 2.05) is 18.2 Å². The summed E-state index contributed by atoms with van der Waals surface area (Å²) in [4.78, 5) is 0. The Morgan fingerprint density at radius 3 is 2.71 bits per heavy atom. The molecule has 0 N–H and O–H groups in total. The number of rotatable bonds is 2. The van der Waals surface area contributed by atoms with Crippen LogP contribution in [0.5, 0.6) is 5.75 Å². The van der Waals surface area contributed by atoms with Crippen LogP contribution in [0, 0.1) is 5.82 Å². The highest BCUT2D eigenvalue weighted by molar-refractivity contribution is 9.10. The summed E-state index contributed by atoms with van der Waals surface area (Å²) < 4.78 is 20.4. The molecule has 1 aliphatic rings. The van der Waals surface area contributed by atoms with Crippen LogP contribution in [0.3, 0.4) is 0 Å². The molecule has 1 atom stereocenters. The number of alkyl halides is 1. The van der Waals surface area contributed by atoms with E-state index in [1.165, 1.54) is 6.07 Å². The maximum absolute atomic E-state index is 14.1. The van der Waals surface area contributed by atoms with E-state index in [0.29, 0.717) is 16.6 Å². The number of benzene rings is 2. The van der Waals surface area contributed by atoms with Crippen molar-refractivity contribution in [2.45, 2.75) is 24.6 Å². The van der Waals surface area contributed by atoms with Gasteiger partial charge >= 0.3 is 0 Å². The van der Waals surface area contributed by atoms with Gasteiger partial charge in [0.2, 0.25) is 0 Å². The topological polar surface area (TPSA) is 9.23 Å². The van der Waals surface area contributed by atoms with Crippen molar-refractivity contribution in [3.05, 3.63) is 63.4 Å². The first kappa shape index (κ1) is 14.9. The second-order valence-corrected chi connectivity index (χ2v) is 7.31. The molecule has 0 spiro atoms. The molecule has 0 amide bonds. The Kier molecular flexibility index (Phi) is 3.74. The second kappa shape index (κ2) is 5.29. The summed E-state index contributed by atoms with van der Waals surface area (Å²) in [5.74, 6) is 0.587. The third kappa shape index (κ3) is 2.69. The zero-order valence-corrected chi connectivity index (χ0v) is 14.1. The van der Waals surface area contributed by atoms with E-state index < -0.39 is 5.38 Å². The maximum Gasteiger partial charge on any atom is 0.129 e. The fourth-order valence-electron chi connectivity index (χ4n) is 2.58. The molecular formula is C17H15BrClFO. The predicted molar refractivity (Wildman–Crippen MR) is 86.8 cm³/mol. The van der Waals surface area contributed by atoms with Gasteiger partial charge in [-0.25, -0.2) is 4.39 Å². The van der Waals surface area contributed by atoms with Crippen LogP contribution < -0.4 is 4.74 Å². The van der Waals surface area contributed by atoms with Crippen molar-refractivity contribution in [2.24, 2.45) is 0 Å². The Morgan fingerprint density at radius 1 is 1.24 bits per heavy atom. The normalized spacial score (nSPS) is 17.2. The summed E-state index contributed by atoms with van der Waals surface area (Å²) in [6.45, 7) is 4.92. The van der Waals surface area contributed by atoms with Crippen LogP contribution in [0.15, 0.2) is 40.9 Å². The van der Waals surface area contributed by atoms with E-state index in [0.717, 1.165) is 16.9 Å². The molecule has 0 fully saturated rings. The molecule has 0 bridgehead atoms. The molecule has 1 aliphatic heterocycles. The Labute approximate surface area is 137 Å². The molecule has 1 heterocycles. The molecular weight excluding hydrogens is 355 g/mol. The van der Waals surface area contributed by atoms with Crippen LogP contribution in [0.25, 0.3) is 0 Å². The van der Waals surface area contributed by atoms with Crippen LogP contribution in [-0.4, -0.2) is 6.61 Å². The number of ether oxygens (including phenoxy) is 1. The van der Waals surface area contributed by atoms with E-state index >= 15 is 0 Å². The van der Waals surface area contributed by atoms with E-state index in [9.17, 15) is 4.39 Å². The van der Waals surface area contributed by atoms with Crippen molar-refractivity contribution in [1.82, 2.24) is 0 Å². The summed E-state index contributed by atoms with van der Waals surface area (Å²) in [6, 6.07) is 10.8. The minimum absolute atomic E-state index is 0.0415. The Balaban J connectivity index is 2.01. The summed E-state index contributed by atoms with van der Waals surface area (Å²) in [6.07, 6.45) is 0. The average molecular weight is 370 g/mol. The molecule has 4 heteroatoms. The SMILES string of the molecule is CC1(C)COc2ccc(C(Cl)c3ccc(Br)cc3F)cc21. The molecule has 0 aliphatic carbocycles. The minimum Gasteiger partial charge on any atom is -0.492 e. The van der Waals surface area contributed by atoms with Crippen molar-refractivity contribution in [3.8, 4) is 5.75 Å². The zero-order valence-electron chi connectivity index (χ0n) is 11.8. The monoisotopic (exact) mass is 368 g/mol. The molecule has 2 aromatic rings. The van der Waals surface area contributed by atoms with E-state index in [2.05, 4.69) is 29.8 Å². The number of hydrogen-bond donors (Lipinski definition) is 0. The van der Waals surface area contributed by atoms with Gasteiger partial charge in [0.1, 0.15) is 11.6 Å². The standard InChI is InChI=1S/C17H15BrClFO/c1-17(2)9-21-15-6-3-10(7-13(15)17)16(19)12-5-4-11(18)8-14(12)20/h3-8,16H,9H2,1-2H3. The number of halogens is 3. The molecule has 110 valence electrons. The van der Waals surface area contributed by atoms with Gasteiger partial charge in [-0.2, -0.15) is 0 Å². The van der Waals surface area contributed by atoms with Crippen LogP contribution in [0.4, 0.5) is 4.39 Å². The van der Waals surface area contributed by atoms with Gasteiger partial charge in [-0.15, -0.1) is 11.6 Å². The van der Waals surface area contributed by atoms with Crippen molar-refractivity contribution >= 4 is 27.5 Å². The first-order valence-corrected chi connectivity index (χ1v) is 7.98. The first-order chi connectivity index (χ1) is 9.88. The summed E-state index contributed by atoms with van der Waals surface area (Å²) in [5.41, 5.74) is 2.45. The van der Waals surface area contributed by atoms with Gasteiger partial charge in [-0.1, -0.05) is 41.9 Å². The number of hydrogen-bond acceptors (Lipinski definition) is 1. The average Bonchev–Trinajstić information content (AvgIpc) is 2.74. The first-order valence-electron chi connectivity index (χ1n) is 6.75. The Hall–Kier alpha value is -1.06. The minimum atomic E-state index is -0.514. The highest BCUT2D eigenvalue weighted by atomic mass is 79.9. The lowest BCUT2D eigenvalue weighted by atomic mass is 9.85. The van der Waals surface area contributed by atoms with Crippen molar-refractivity contribution in [1.29, 1.82) is 0 Å². The van der Waals surface area contributed by atoms with Crippen molar-refractivity contribution in [2.75, 3.05) is 6.61 Å². The van der Waals surface area contributed by atoms with Gasteiger partial charge in [-0.3, -0.25) is 0 Å². The largest absolute Gasteiger partial charge is 0.492 e. The van der Waals surface area contributed by atoms with Gasteiger partial charge in [0.15, 0.2) is 0 Å². The lowest BCUT2D eigenvalue weighted by molar-refractivity contribution is 0.291. The summed E-state index contributed by atoms with van der Waals surface area (Å²) >= 11 is 9.75. The second-order valence-electron chi connectivity index (χ2n) is 5.96. The summed E-state index contributed by atoms with van der Waals surface area (Å²) in [5, 5.41) is -0.514. The molecule has 21 heavy (non-hydrogen) atoms. The molecule has 1 nitrogen and oxygen atoms in total. The third-order valence-corrected chi connectivity index (χ3v) is 4.83. The Morgan fingerprint density at radius 2 is 2.00 bits per heavy atom. The van der Waals surface area contributed by atoms with E-state index in [1.54, 1.807) is 12.1 Å². The zero-order chi connectivity index (χ0) is 15.2. The predicted octanol–water partition coefficient (Wildman–Crippen LogP) is 5.59. The lowest BCUT2D eigenvalue weighted by Crippen LogP contribution is -2.18.